The van der Waals surface area contributed by atoms with Crippen molar-refractivity contribution in [2.24, 2.45) is 22.7 Å². The second-order valence-electron chi connectivity index (χ2n) is 9.25. The SMILES string of the molecule is CC(=O)OC1C[C@@]2(C)C(=CC=C3[C@H]2CC[C@]2(C)C(O)C(F)C[C@@H]32)CC1O. The van der Waals surface area contributed by atoms with E-state index < -0.39 is 29.9 Å². The Balaban J connectivity index is 1.68. The minimum Gasteiger partial charge on any atom is -0.460 e. The number of halogens is 1. The zero-order valence-corrected chi connectivity index (χ0v) is 15.7. The average Bonchev–Trinajstić information content (AvgIpc) is 2.79. The summed E-state index contributed by atoms with van der Waals surface area (Å²) in [6.07, 6.45) is 4.14. The lowest BCUT2D eigenvalue weighted by Gasteiger charge is -2.55. The number of rotatable bonds is 1. The number of aliphatic hydroxyl groups excluding tert-OH is 2. The maximum atomic E-state index is 14.3. The molecule has 5 heteroatoms. The van der Waals surface area contributed by atoms with Gasteiger partial charge in [-0.1, -0.05) is 37.1 Å². The van der Waals surface area contributed by atoms with Crippen LogP contribution >= 0.6 is 0 Å². The molecule has 26 heavy (non-hydrogen) atoms. The third-order valence-electron chi connectivity index (χ3n) is 7.83. The van der Waals surface area contributed by atoms with Crippen molar-refractivity contribution in [3.63, 3.8) is 0 Å². The number of allylic oxidation sites excluding steroid dienone is 3. The number of carbonyl (C=O) groups excluding carboxylic acids is 1. The Hall–Kier alpha value is -1.20. The summed E-state index contributed by atoms with van der Waals surface area (Å²) in [4.78, 5) is 11.4. The maximum absolute atomic E-state index is 14.3. The van der Waals surface area contributed by atoms with Gasteiger partial charge in [0.1, 0.15) is 12.3 Å². The Morgan fingerprint density at radius 1 is 1.27 bits per heavy atom. The number of hydrogen-bond donors (Lipinski definition) is 2. The highest BCUT2D eigenvalue weighted by Gasteiger charge is 2.60. The normalized spacial score (nSPS) is 50.1. The molecule has 0 saturated heterocycles. The topological polar surface area (TPSA) is 66.8 Å². The number of aliphatic hydroxyl groups is 2. The molecule has 0 aromatic rings. The molecule has 4 aliphatic rings. The Kier molecular flexibility index (Phi) is 4.12. The van der Waals surface area contributed by atoms with Gasteiger partial charge in [0.25, 0.3) is 0 Å². The smallest absolute Gasteiger partial charge is 0.302 e. The van der Waals surface area contributed by atoms with E-state index in [9.17, 15) is 19.4 Å². The highest BCUT2D eigenvalue weighted by molar-refractivity contribution is 5.66. The van der Waals surface area contributed by atoms with Gasteiger partial charge in [0.05, 0.1) is 12.2 Å². The molecule has 3 fully saturated rings. The molecule has 3 saturated carbocycles. The van der Waals surface area contributed by atoms with Crippen LogP contribution in [0.25, 0.3) is 0 Å². The van der Waals surface area contributed by atoms with Crippen molar-refractivity contribution in [3.8, 4) is 0 Å². The summed E-state index contributed by atoms with van der Waals surface area (Å²) in [5, 5.41) is 20.8. The van der Waals surface area contributed by atoms with Crippen molar-refractivity contribution in [3.05, 3.63) is 23.3 Å². The largest absolute Gasteiger partial charge is 0.460 e. The molecule has 0 spiro atoms. The molecule has 8 atom stereocenters. The average molecular weight is 364 g/mol. The molecular formula is C21H29FO4. The summed E-state index contributed by atoms with van der Waals surface area (Å²) in [5.74, 6) is -0.0596. The second-order valence-corrected chi connectivity index (χ2v) is 9.25. The molecule has 4 nitrogen and oxygen atoms in total. The van der Waals surface area contributed by atoms with Crippen molar-refractivity contribution in [2.45, 2.75) is 77.4 Å². The Bertz CT molecular complexity index is 685. The van der Waals surface area contributed by atoms with Crippen LogP contribution in [-0.4, -0.2) is 40.7 Å². The first-order valence-electron chi connectivity index (χ1n) is 9.75. The molecule has 0 aromatic heterocycles. The molecule has 0 amide bonds. The molecule has 144 valence electrons. The van der Waals surface area contributed by atoms with Gasteiger partial charge in [0, 0.05) is 12.3 Å². The number of ether oxygens (including phenoxy) is 1. The van der Waals surface area contributed by atoms with Crippen LogP contribution in [0.4, 0.5) is 4.39 Å². The van der Waals surface area contributed by atoms with E-state index in [4.69, 9.17) is 4.74 Å². The molecule has 4 rings (SSSR count). The Morgan fingerprint density at radius 2 is 2.00 bits per heavy atom. The summed E-state index contributed by atoms with van der Waals surface area (Å²) in [7, 11) is 0. The first-order valence-corrected chi connectivity index (χ1v) is 9.75. The van der Waals surface area contributed by atoms with Crippen LogP contribution in [0.15, 0.2) is 23.3 Å². The number of carbonyl (C=O) groups is 1. The maximum Gasteiger partial charge on any atom is 0.302 e. The lowest BCUT2D eigenvalue weighted by atomic mass is 9.51. The van der Waals surface area contributed by atoms with E-state index in [1.165, 1.54) is 18.1 Å². The summed E-state index contributed by atoms with van der Waals surface area (Å²) >= 11 is 0. The lowest BCUT2D eigenvalue weighted by molar-refractivity contribution is -0.157. The van der Waals surface area contributed by atoms with Gasteiger partial charge in [-0.25, -0.2) is 4.39 Å². The molecular weight excluding hydrogens is 335 g/mol. The third-order valence-corrected chi connectivity index (χ3v) is 7.83. The standard InChI is InChI=1S/C21H29FO4/c1-11(23)26-18-10-21(3)12(8-17(18)24)4-5-13-14(21)6-7-20(2)15(13)9-16(22)19(20)25/h4-5,14-19,24-25H,6-10H2,1-3H3/t14-,15+,16?,17?,18?,19?,20+,21+/m1/s1. The third kappa shape index (κ3) is 2.43. The number of hydrogen-bond acceptors (Lipinski definition) is 4. The van der Waals surface area contributed by atoms with Crippen LogP contribution in [0.3, 0.4) is 0 Å². The van der Waals surface area contributed by atoms with Gasteiger partial charge >= 0.3 is 5.97 Å². The van der Waals surface area contributed by atoms with Gasteiger partial charge in [0.15, 0.2) is 0 Å². The summed E-state index contributed by atoms with van der Waals surface area (Å²) in [6, 6.07) is 0. The predicted molar refractivity (Wildman–Crippen MR) is 94.9 cm³/mol. The van der Waals surface area contributed by atoms with Gasteiger partial charge < -0.3 is 14.9 Å². The second kappa shape index (κ2) is 5.90. The van der Waals surface area contributed by atoms with Crippen molar-refractivity contribution < 1.29 is 24.1 Å². The van der Waals surface area contributed by atoms with E-state index in [1.807, 2.05) is 6.92 Å². The number of fused-ring (bicyclic) bond motifs is 5. The van der Waals surface area contributed by atoms with Crippen LogP contribution in [0.5, 0.6) is 0 Å². The first-order chi connectivity index (χ1) is 12.2. The van der Waals surface area contributed by atoms with Gasteiger partial charge in [-0.05, 0) is 49.4 Å². The Morgan fingerprint density at radius 3 is 2.69 bits per heavy atom. The molecule has 0 aromatic carbocycles. The minimum absolute atomic E-state index is 0.0555. The van der Waals surface area contributed by atoms with E-state index in [0.717, 1.165) is 12.8 Å². The van der Waals surface area contributed by atoms with E-state index in [0.29, 0.717) is 19.3 Å². The van der Waals surface area contributed by atoms with Crippen molar-refractivity contribution in [1.82, 2.24) is 0 Å². The van der Waals surface area contributed by atoms with E-state index in [1.54, 1.807) is 0 Å². The van der Waals surface area contributed by atoms with E-state index >= 15 is 0 Å². The molecule has 4 unspecified atom stereocenters. The zero-order valence-electron chi connectivity index (χ0n) is 15.7. The van der Waals surface area contributed by atoms with Crippen LogP contribution in [0.1, 0.15) is 52.9 Å². The highest BCUT2D eigenvalue weighted by Crippen LogP contribution is 2.63. The van der Waals surface area contributed by atoms with Gasteiger partial charge in [-0.15, -0.1) is 0 Å². The lowest BCUT2D eigenvalue weighted by Crippen LogP contribution is -2.51. The van der Waals surface area contributed by atoms with E-state index in [-0.39, 0.29) is 23.2 Å². The summed E-state index contributed by atoms with van der Waals surface area (Å²) < 4.78 is 19.7. The molecule has 0 aliphatic heterocycles. The molecule has 4 aliphatic carbocycles. The number of esters is 1. The monoisotopic (exact) mass is 364 g/mol. The Labute approximate surface area is 154 Å². The first kappa shape index (κ1) is 18.2. The fourth-order valence-corrected chi connectivity index (χ4v) is 6.29. The van der Waals surface area contributed by atoms with Crippen LogP contribution in [-0.2, 0) is 9.53 Å². The highest BCUT2D eigenvalue weighted by atomic mass is 19.1. The van der Waals surface area contributed by atoms with Crippen molar-refractivity contribution >= 4 is 5.97 Å². The molecule has 0 bridgehead atoms. The summed E-state index contributed by atoms with van der Waals surface area (Å²) in [5.41, 5.74) is 1.85. The van der Waals surface area contributed by atoms with Crippen LogP contribution < -0.4 is 0 Å². The predicted octanol–water partition coefficient (Wildman–Crippen LogP) is 3.08. The quantitative estimate of drug-likeness (QED) is 0.702. The van der Waals surface area contributed by atoms with Crippen molar-refractivity contribution in [2.75, 3.05) is 0 Å². The number of alkyl halides is 1. The summed E-state index contributed by atoms with van der Waals surface area (Å²) in [6.45, 7) is 5.59. The minimum atomic E-state index is -1.16. The molecule has 0 heterocycles. The molecule has 0 radical (unpaired) electrons. The zero-order chi connectivity index (χ0) is 18.9. The fraction of sp³-hybridized carbons (Fsp3) is 0.762. The van der Waals surface area contributed by atoms with Crippen LogP contribution in [0, 0.1) is 22.7 Å². The molecule has 2 N–H and O–H groups in total. The fourth-order valence-electron chi connectivity index (χ4n) is 6.29. The van der Waals surface area contributed by atoms with E-state index in [2.05, 4.69) is 19.1 Å². The van der Waals surface area contributed by atoms with Gasteiger partial charge in [-0.2, -0.15) is 0 Å². The van der Waals surface area contributed by atoms with Gasteiger partial charge in [0.2, 0.25) is 0 Å². The van der Waals surface area contributed by atoms with Crippen molar-refractivity contribution in [1.29, 1.82) is 0 Å². The van der Waals surface area contributed by atoms with Gasteiger partial charge in [-0.3, -0.25) is 4.79 Å². The van der Waals surface area contributed by atoms with Crippen LogP contribution in [0.2, 0.25) is 0 Å².